The number of benzene rings is 2. The SMILES string of the molecule is CC(=O)Nc1ccc(C)cc1NC(=O)c1nc(-c2ccccc2)n2c1CCCCC2. The molecule has 1 aromatic heterocycles. The summed E-state index contributed by atoms with van der Waals surface area (Å²) >= 11 is 0. The Balaban J connectivity index is 1.73. The zero-order chi connectivity index (χ0) is 21.1. The highest BCUT2D eigenvalue weighted by Gasteiger charge is 2.24. The summed E-state index contributed by atoms with van der Waals surface area (Å²) in [5.74, 6) is 0.403. The fourth-order valence-corrected chi connectivity index (χ4v) is 3.95. The van der Waals surface area contributed by atoms with Crippen molar-refractivity contribution in [3.8, 4) is 11.4 Å². The van der Waals surface area contributed by atoms with E-state index < -0.39 is 0 Å². The van der Waals surface area contributed by atoms with E-state index >= 15 is 0 Å². The molecule has 0 unspecified atom stereocenters. The first-order valence-corrected chi connectivity index (χ1v) is 10.4. The van der Waals surface area contributed by atoms with Gasteiger partial charge in [-0.3, -0.25) is 9.59 Å². The van der Waals surface area contributed by atoms with Gasteiger partial charge in [0.2, 0.25) is 5.91 Å². The lowest BCUT2D eigenvalue weighted by Gasteiger charge is -2.12. The van der Waals surface area contributed by atoms with Crippen LogP contribution in [0.2, 0.25) is 0 Å². The number of carbonyl (C=O) groups is 2. The fourth-order valence-electron chi connectivity index (χ4n) is 3.95. The number of rotatable bonds is 4. The molecule has 0 fully saturated rings. The van der Waals surface area contributed by atoms with Gasteiger partial charge in [-0.2, -0.15) is 0 Å². The lowest BCUT2D eigenvalue weighted by atomic mass is 10.1. The number of imidazole rings is 1. The number of nitrogens with zero attached hydrogens (tertiary/aromatic N) is 2. The first-order valence-electron chi connectivity index (χ1n) is 10.4. The van der Waals surface area contributed by atoms with E-state index in [2.05, 4.69) is 15.2 Å². The largest absolute Gasteiger partial charge is 0.327 e. The predicted molar refractivity (Wildman–Crippen MR) is 119 cm³/mol. The Kier molecular flexibility index (Phi) is 5.65. The van der Waals surface area contributed by atoms with Gasteiger partial charge in [0.05, 0.1) is 17.1 Å². The molecule has 6 nitrogen and oxygen atoms in total. The minimum absolute atomic E-state index is 0.184. The van der Waals surface area contributed by atoms with E-state index in [-0.39, 0.29) is 11.8 Å². The molecule has 30 heavy (non-hydrogen) atoms. The van der Waals surface area contributed by atoms with Crippen LogP contribution in [-0.2, 0) is 17.8 Å². The van der Waals surface area contributed by atoms with Crippen LogP contribution in [0.4, 0.5) is 11.4 Å². The number of aryl methyl sites for hydroxylation is 1. The summed E-state index contributed by atoms with van der Waals surface area (Å²) in [5.41, 5.74) is 4.60. The van der Waals surface area contributed by atoms with Gasteiger partial charge in [-0.05, 0) is 43.9 Å². The predicted octanol–water partition coefficient (Wildman–Crippen LogP) is 4.80. The molecule has 2 heterocycles. The lowest BCUT2D eigenvalue weighted by molar-refractivity contribution is -0.114. The molecule has 2 amide bonds. The topological polar surface area (TPSA) is 76.0 Å². The van der Waals surface area contributed by atoms with Gasteiger partial charge in [0.15, 0.2) is 0 Å². The monoisotopic (exact) mass is 402 g/mol. The lowest BCUT2D eigenvalue weighted by Crippen LogP contribution is -2.17. The molecule has 0 aliphatic carbocycles. The molecule has 0 spiro atoms. The average Bonchev–Trinajstić information content (AvgIpc) is 2.91. The van der Waals surface area contributed by atoms with Gasteiger partial charge in [0.1, 0.15) is 11.5 Å². The number of fused-ring (bicyclic) bond motifs is 1. The smallest absolute Gasteiger partial charge is 0.276 e. The van der Waals surface area contributed by atoms with E-state index in [0.717, 1.165) is 54.9 Å². The Labute approximate surface area is 176 Å². The number of amides is 2. The first kappa shape index (κ1) is 19.9. The second-order valence-corrected chi connectivity index (χ2v) is 7.74. The van der Waals surface area contributed by atoms with Crippen LogP contribution in [-0.4, -0.2) is 21.4 Å². The fraction of sp³-hybridized carbons (Fsp3) is 0.292. The second-order valence-electron chi connectivity index (χ2n) is 7.74. The highest BCUT2D eigenvalue weighted by Crippen LogP contribution is 2.29. The molecule has 154 valence electrons. The van der Waals surface area contributed by atoms with Crippen LogP contribution in [0.1, 0.15) is 47.9 Å². The maximum Gasteiger partial charge on any atom is 0.276 e. The van der Waals surface area contributed by atoms with Crippen molar-refractivity contribution in [3.63, 3.8) is 0 Å². The van der Waals surface area contributed by atoms with Gasteiger partial charge in [0.25, 0.3) is 5.91 Å². The number of carbonyl (C=O) groups excluding carboxylic acids is 2. The Hall–Kier alpha value is -3.41. The summed E-state index contributed by atoms with van der Waals surface area (Å²) in [4.78, 5) is 29.6. The van der Waals surface area contributed by atoms with Gasteiger partial charge in [0, 0.05) is 19.0 Å². The third-order valence-corrected chi connectivity index (χ3v) is 5.35. The zero-order valence-corrected chi connectivity index (χ0v) is 17.4. The summed E-state index contributed by atoms with van der Waals surface area (Å²) in [6, 6.07) is 15.6. The van der Waals surface area contributed by atoms with Crippen molar-refractivity contribution in [2.75, 3.05) is 10.6 Å². The van der Waals surface area contributed by atoms with Crippen LogP contribution < -0.4 is 10.6 Å². The average molecular weight is 402 g/mol. The normalized spacial score (nSPS) is 13.3. The standard InChI is InChI=1S/C24H26N4O2/c1-16-12-13-19(25-17(2)29)20(15-16)26-24(30)22-21-11-7-4-8-14-28(21)23(27-22)18-9-5-3-6-10-18/h3,5-6,9-10,12-13,15H,4,7-8,11,14H2,1-2H3,(H,25,29)(H,26,30). The summed E-state index contributed by atoms with van der Waals surface area (Å²) in [7, 11) is 0. The minimum Gasteiger partial charge on any atom is -0.327 e. The highest BCUT2D eigenvalue weighted by molar-refractivity contribution is 6.07. The molecular formula is C24H26N4O2. The minimum atomic E-state index is -0.250. The van der Waals surface area contributed by atoms with Gasteiger partial charge < -0.3 is 15.2 Å². The van der Waals surface area contributed by atoms with Crippen molar-refractivity contribution in [2.45, 2.75) is 46.1 Å². The van der Waals surface area contributed by atoms with Crippen molar-refractivity contribution in [1.29, 1.82) is 0 Å². The number of nitrogens with one attached hydrogen (secondary N) is 2. The summed E-state index contributed by atoms with van der Waals surface area (Å²) in [6.07, 6.45) is 4.09. The quantitative estimate of drug-likeness (QED) is 0.658. The molecule has 0 radical (unpaired) electrons. The van der Waals surface area contributed by atoms with Crippen LogP contribution in [0.5, 0.6) is 0 Å². The molecule has 1 aliphatic rings. The van der Waals surface area contributed by atoms with Crippen LogP contribution in [0.25, 0.3) is 11.4 Å². The van der Waals surface area contributed by atoms with Crippen LogP contribution in [0.3, 0.4) is 0 Å². The molecule has 2 N–H and O–H groups in total. The maximum atomic E-state index is 13.3. The number of hydrogen-bond donors (Lipinski definition) is 2. The third kappa shape index (κ3) is 4.13. The van der Waals surface area contributed by atoms with E-state index in [4.69, 9.17) is 4.98 Å². The van der Waals surface area contributed by atoms with E-state index in [1.54, 1.807) is 6.07 Å². The summed E-state index contributed by atoms with van der Waals surface area (Å²) in [5, 5.41) is 5.76. The Morgan fingerprint density at radius 3 is 2.53 bits per heavy atom. The molecular weight excluding hydrogens is 376 g/mol. The molecule has 0 atom stereocenters. The van der Waals surface area contributed by atoms with Gasteiger partial charge in [-0.1, -0.05) is 42.8 Å². The van der Waals surface area contributed by atoms with Gasteiger partial charge >= 0.3 is 0 Å². The van der Waals surface area contributed by atoms with E-state index in [1.165, 1.54) is 6.92 Å². The Morgan fingerprint density at radius 2 is 1.77 bits per heavy atom. The third-order valence-electron chi connectivity index (χ3n) is 5.35. The van der Waals surface area contributed by atoms with Gasteiger partial charge in [-0.25, -0.2) is 4.98 Å². The zero-order valence-electron chi connectivity index (χ0n) is 17.4. The van der Waals surface area contributed by atoms with Crippen molar-refractivity contribution in [2.24, 2.45) is 0 Å². The second kappa shape index (κ2) is 8.53. The molecule has 0 saturated carbocycles. The summed E-state index contributed by atoms with van der Waals surface area (Å²) < 4.78 is 2.20. The van der Waals surface area contributed by atoms with Crippen LogP contribution >= 0.6 is 0 Å². The molecule has 0 bridgehead atoms. The Morgan fingerprint density at radius 1 is 0.967 bits per heavy atom. The van der Waals surface area contributed by atoms with E-state index in [9.17, 15) is 9.59 Å². The molecule has 4 rings (SSSR count). The molecule has 0 saturated heterocycles. The molecule has 1 aliphatic heterocycles. The first-order chi connectivity index (χ1) is 14.5. The molecule has 2 aromatic carbocycles. The van der Waals surface area contributed by atoms with Crippen molar-refractivity contribution in [1.82, 2.24) is 9.55 Å². The van der Waals surface area contributed by atoms with Crippen molar-refractivity contribution < 1.29 is 9.59 Å². The highest BCUT2D eigenvalue weighted by atomic mass is 16.2. The van der Waals surface area contributed by atoms with E-state index in [1.807, 2.05) is 49.4 Å². The van der Waals surface area contributed by atoms with Crippen LogP contribution in [0, 0.1) is 6.92 Å². The van der Waals surface area contributed by atoms with Crippen molar-refractivity contribution >= 4 is 23.2 Å². The Bertz CT molecular complexity index is 1090. The van der Waals surface area contributed by atoms with Crippen LogP contribution in [0.15, 0.2) is 48.5 Å². The van der Waals surface area contributed by atoms with Crippen molar-refractivity contribution in [3.05, 3.63) is 65.5 Å². The number of aromatic nitrogens is 2. The number of anilines is 2. The van der Waals surface area contributed by atoms with Gasteiger partial charge in [-0.15, -0.1) is 0 Å². The molecule has 3 aromatic rings. The summed E-state index contributed by atoms with van der Waals surface area (Å²) in [6.45, 7) is 4.26. The maximum absolute atomic E-state index is 13.3. The number of hydrogen-bond acceptors (Lipinski definition) is 3. The molecule has 6 heteroatoms. The van der Waals surface area contributed by atoms with E-state index in [0.29, 0.717) is 17.1 Å².